The minimum atomic E-state index is 0.438. The topological polar surface area (TPSA) is 35.6 Å². The average molecular weight is 266 g/mol. The molecule has 1 aromatic carbocycles. The Labute approximate surface area is 118 Å². The van der Waals surface area contributed by atoms with Gasteiger partial charge in [-0.3, -0.25) is 0 Å². The fourth-order valence-electron chi connectivity index (χ4n) is 2.33. The van der Waals surface area contributed by atoms with E-state index in [1.807, 2.05) is 29.3 Å². The first-order valence-corrected chi connectivity index (χ1v) is 6.84. The second kappa shape index (κ2) is 5.33. The molecule has 2 aromatic heterocycles. The van der Waals surface area contributed by atoms with E-state index in [-0.39, 0.29) is 0 Å². The lowest BCUT2D eigenvalue weighted by Crippen LogP contribution is -2.06. The lowest BCUT2D eigenvalue weighted by Gasteiger charge is -2.11. The normalized spacial score (nSPS) is 11.2. The predicted molar refractivity (Wildman–Crippen MR) is 79.0 cm³/mol. The zero-order chi connectivity index (χ0) is 13.9. The first-order chi connectivity index (χ1) is 9.74. The van der Waals surface area contributed by atoms with Gasteiger partial charge in [-0.1, -0.05) is 26.0 Å². The van der Waals surface area contributed by atoms with Crippen LogP contribution in [-0.2, 0) is 6.54 Å². The third-order valence-corrected chi connectivity index (χ3v) is 3.32. The van der Waals surface area contributed by atoms with Crippen molar-refractivity contribution in [3.63, 3.8) is 0 Å². The van der Waals surface area contributed by atoms with Gasteiger partial charge >= 0.3 is 0 Å². The Morgan fingerprint density at radius 3 is 2.50 bits per heavy atom. The van der Waals surface area contributed by atoms with Gasteiger partial charge in [0.2, 0.25) is 0 Å². The van der Waals surface area contributed by atoms with Crippen molar-refractivity contribution < 1.29 is 0 Å². The van der Waals surface area contributed by atoms with Crippen LogP contribution in [0.25, 0.3) is 5.69 Å². The number of benzene rings is 1. The fraction of sp³-hybridized carbons (Fsp3) is 0.250. The summed E-state index contributed by atoms with van der Waals surface area (Å²) in [7, 11) is 0. The van der Waals surface area contributed by atoms with Crippen molar-refractivity contribution in [2.45, 2.75) is 26.3 Å². The summed E-state index contributed by atoms with van der Waals surface area (Å²) in [6, 6.07) is 10.4. The Balaban J connectivity index is 1.80. The van der Waals surface area contributed by atoms with Gasteiger partial charge in [-0.2, -0.15) is 5.10 Å². The van der Waals surface area contributed by atoms with Crippen molar-refractivity contribution in [3.05, 3.63) is 66.5 Å². The van der Waals surface area contributed by atoms with Gasteiger partial charge in [0.15, 0.2) is 0 Å². The second-order valence-electron chi connectivity index (χ2n) is 5.19. The van der Waals surface area contributed by atoms with Crippen LogP contribution in [-0.4, -0.2) is 19.3 Å². The lowest BCUT2D eigenvalue weighted by atomic mass is 10.2. The molecule has 3 rings (SSSR count). The predicted octanol–water partition coefficient (Wildman–Crippen LogP) is 3.24. The van der Waals surface area contributed by atoms with Crippen molar-refractivity contribution in [1.29, 1.82) is 0 Å². The molecular formula is C16H18N4. The van der Waals surface area contributed by atoms with E-state index in [4.69, 9.17) is 0 Å². The molecule has 2 heterocycles. The first kappa shape index (κ1) is 12.7. The zero-order valence-electron chi connectivity index (χ0n) is 11.8. The van der Waals surface area contributed by atoms with Crippen LogP contribution >= 0.6 is 0 Å². The first-order valence-electron chi connectivity index (χ1n) is 6.84. The number of rotatable bonds is 4. The molecule has 0 unspecified atom stereocenters. The van der Waals surface area contributed by atoms with Gasteiger partial charge in [0, 0.05) is 37.3 Å². The minimum Gasteiger partial charge on any atom is -0.330 e. The molecular weight excluding hydrogens is 248 g/mol. The molecule has 0 N–H and O–H groups in total. The third kappa shape index (κ3) is 2.50. The fourth-order valence-corrected chi connectivity index (χ4v) is 2.33. The molecule has 0 saturated carbocycles. The largest absolute Gasteiger partial charge is 0.330 e. The molecule has 0 fully saturated rings. The smallest absolute Gasteiger partial charge is 0.111 e. The van der Waals surface area contributed by atoms with Crippen LogP contribution < -0.4 is 0 Å². The van der Waals surface area contributed by atoms with Gasteiger partial charge < -0.3 is 4.57 Å². The third-order valence-electron chi connectivity index (χ3n) is 3.32. The molecule has 4 heteroatoms. The summed E-state index contributed by atoms with van der Waals surface area (Å²) >= 11 is 0. The Morgan fingerprint density at radius 2 is 1.85 bits per heavy atom. The summed E-state index contributed by atoms with van der Waals surface area (Å²) in [5.74, 6) is 1.56. The summed E-state index contributed by atoms with van der Waals surface area (Å²) in [5.41, 5.74) is 2.34. The van der Waals surface area contributed by atoms with Crippen molar-refractivity contribution in [2.75, 3.05) is 0 Å². The van der Waals surface area contributed by atoms with Crippen LogP contribution in [0, 0.1) is 0 Å². The lowest BCUT2D eigenvalue weighted by molar-refractivity contribution is 0.669. The summed E-state index contributed by atoms with van der Waals surface area (Å²) in [6.45, 7) is 5.19. The number of aromatic nitrogens is 4. The molecule has 4 nitrogen and oxygen atoms in total. The van der Waals surface area contributed by atoms with Crippen molar-refractivity contribution in [2.24, 2.45) is 0 Å². The number of hydrogen-bond acceptors (Lipinski definition) is 2. The van der Waals surface area contributed by atoms with E-state index in [0.717, 1.165) is 18.1 Å². The summed E-state index contributed by atoms with van der Waals surface area (Å²) < 4.78 is 4.06. The molecule has 3 aromatic rings. The van der Waals surface area contributed by atoms with Crippen molar-refractivity contribution in [3.8, 4) is 5.69 Å². The van der Waals surface area contributed by atoms with Crippen LogP contribution in [0.4, 0.5) is 0 Å². The molecule has 0 atom stereocenters. The Bertz CT molecular complexity index is 663. The Hall–Kier alpha value is -2.36. The van der Waals surface area contributed by atoms with Gasteiger partial charge in [-0.15, -0.1) is 0 Å². The van der Waals surface area contributed by atoms with Gasteiger partial charge in [0.1, 0.15) is 5.82 Å². The van der Waals surface area contributed by atoms with Crippen LogP contribution in [0.3, 0.4) is 0 Å². The highest BCUT2D eigenvalue weighted by molar-refractivity contribution is 5.34. The highest BCUT2D eigenvalue weighted by atomic mass is 15.3. The maximum atomic E-state index is 4.42. The highest BCUT2D eigenvalue weighted by Gasteiger charge is 2.07. The molecule has 20 heavy (non-hydrogen) atoms. The van der Waals surface area contributed by atoms with Crippen LogP contribution in [0.1, 0.15) is 31.2 Å². The summed E-state index contributed by atoms with van der Waals surface area (Å²) in [4.78, 5) is 4.42. The van der Waals surface area contributed by atoms with Gasteiger partial charge in [0.05, 0.1) is 5.69 Å². The molecule has 0 aliphatic rings. The maximum absolute atomic E-state index is 4.42. The molecule has 0 aliphatic carbocycles. The van der Waals surface area contributed by atoms with E-state index in [9.17, 15) is 0 Å². The number of nitrogens with zero attached hydrogens (tertiary/aromatic N) is 4. The van der Waals surface area contributed by atoms with Crippen LogP contribution in [0.2, 0.25) is 0 Å². The van der Waals surface area contributed by atoms with E-state index in [2.05, 4.69) is 52.8 Å². The number of imidazole rings is 1. The molecule has 0 spiro atoms. The van der Waals surface area contributed by atoms with Crippen LogP contribution in [0.15, 0.2) is 55.1 Å². The minimum absolute atomic E-state index is 0.438. The number of hydrogen-bond donors (Lipinski definition) is 0. The van der Waals surface area contributed by atoms with E-state index >= 15 is 0 Å². The van der Waals surface area contributed by atoms with Gasteiger partial charge in [-0.05, 0) is 23.8 Å². The SMILES string of the molecule is CC(C)c1nccn1Cc1ccc(-n2cccn2)cc1. The van der Waals surface area contributed by atoms with Crippen molar-refractivity contribution >= 4 is 0 Å². The van der Waals surface area contributed by atoms with E-state index in [1.54, 1.807) is 6.20 Å². The molecule has 0 aliphatic heterocycles. The molecule has 0 bridgehead atoms. The average Bonchev–Trinajstić information content (AvgIpc) is 3.10. The van der Waals surface area contributed by atoms with Gasteiger partial charge in [-0.25, -0.2) is 9.67 Å². The Kier molecular flexibility index (Phi) is 3.37. The van der Waals surface area contributed by atoms with E-state index in [0.29, 0.717) is 5.92 Å². The zero-order valence-corrected chi connectivity index (χ0v) is 11.8. The summed E-state index contributed by atoms with van der Waals surface area (Å²) in [5, 5.41) is 4.23. The molecule has 102 valence electrons. The van der Waals surface area contributed by atoms with Crippen LogP contribution in [0.5, 0.6) is 0 Å². The molecule has 0 radical (unpaired) electrons. The highest BCUT2D eigenvalue weighted by Crippen LogP contribution is 2.15. The quantitative estimate of drug-likeness (QED) is 0.726. The van der Waals surface area contributed by atoms with Crippen molar-refractivity contribution in [1.82, 2.24) is 19.3 Å². The molecule has 0 saturated heterocycles. The van der Waals surface area contributed by atoms with E-state index in [1.165, 1.54) is 5.56 Å². The Morgan fingerprint density at radius 1 is 1.05 bits per heavy atom. The molecule has 0 amide bonds. The summed E-state index contributed by atoms with van der Waals surface area (Å²) in [6.07, 6.45) is 7.64. The second-order valence-corrected chi connectivity index (χ2v) is 5.19. The van der Waals surface area contributed by atoms with Gasteiger partial charge in [0.25, 0.3) is 0 Å². The monoisotopic (exact) mass is 266 g/mol. The standard InChI is InChI=1S/C16H18N4/c1-13(2)16-17-9-11-19(16)12-14-4-6-15(7-5-14)20-10-3-8-18-20/h3-11,13H,12H2,1-2H3. The van der Waals surface area contributed by atoms with E-state index < -0.39 is 0 Å². The maximum Gasteiger partial charge on any atom is 0.111 e.